The molecular formula is C40H51ClFN5O4. The van der Waals surface area contributed by atoms with Crippen molar-refractivity contribution in [2.24, 2.45) is 7.05 Å². The van der Waals surface area contributed by atoms with E-state index in [2.05, 4.69) is 31.0 Å². The minimum atomic E-state index is -0.955. The molecule has 0 radical (unpaired) electrons. The topological polar surface area (TPSA) is 93.8 Å². The zero-order chi connectivity index (χ0) is 36.5. The molecule has 0 bridgehead atoms. The van der Waals surface area contributed by atoms with Crippen LogP contribution in [0.3, 0.4) is 0 Å². The monoisotopic (exact) mass is 719 g/mol. The van der Waals surface area contributed by atoms with Gasteiger partial charge in [-0.1, -0.05) is 50.6 Å². The average Bonchev–Trinajstić information content (AvgIpc) is 3.59. The summed E-state index contributed by atoms with van der Waals surface area (Å²) in [7, 11) is 3.68. The Morgan fingerprint density at radius 3 is 2.49 bits per heavy atom. The van der Waals surface area contributed by atoms with Crippen molar-refractivity contribution < 1.29 is 23.8 Å². The molecule has 0 saturated heterocycles. The Bertz CT molecular complexity index is 1950. The maximum atomic E-state index is 13.8. The van der Waals surface area contributed by atoms with Crippen LogP contribution in [-0.2, 0) is 37.7 Å². The number of nitrogens with zero attached hydrogens (tertiary/aromatic N) is 4. The summed E-state index contributed by atoms with van der Waals surface area (Å²) < 4.78 is 29.3. The molecule has 51 heavy (non-hydrogen) atoms. The lowest BCUT2D eigenvalue weighted by atomic mass is 9.97. The number of hydrogen-bond acceptors (Lipinski definition) is 6. The molecule has 1 aliphatic heterocycles. The minimum Gasteiger partial charge on any atom is -0.493 e. The fourth-order valence-electron chi connectivity index (χ4n) is 7.22. The average molecular weight is 720 g/mol. The molecule has 11 heteroatoms. The van der Waals surface area contributed by atoms with Crippen LogP contribution in [0.2, 0.25) is 5.02 Å². The molecular weight excluding hydrogens is 669 g/mol. The standard InChI is InChI=1S/C36H40ClFN4O4.C4H11N/c1-4-30-33-29(39-40(30)2)22-41(18-20-45-3)16-5-6-17-42-34-27(14-15-28(37)32(33)34)26(35(42)36(43)44)10-8-19-46-31-11-7-9-23-21-24(38)12-13-25(23)31;1-3-5-4-2/h7,9,11-15,21H,4-6,8,10,16-20,22H2,1-3H3,(H,43,44);5H,3-4H2,1-2H3. The number of halogens is 2. The van der Waals surface area contributed by atoms with Gasteiger partial charge in [0.15, 0.2) is 0 Å². The maximum Gasteiger partial charge on any atom is 0.352 e. The molecule has 9 nitrogen and oxygen atoms in total. The number of carboxylic acid groups (broad SMARTS) is 1. The first-order valence-corrected chi connectivity index (χ1v) is 18.5. The molecule has 3 aromatic carbocycles. The van der Waals surface area contributed by atoms with E-state index in [1.54, 1.807) is 13.2 Å². The molecule has 0 unspecified atom stereocenters. The van der Waals surface area contributed by atoms with Crippen molar-refractivity contribution in [3.8, 4) is 16.9 Å². The molecule has 2 aromatic heterocycles. The number of fused-ring (bicyclic) bond motifs is 3. The van der Waals surface area contributed by atoms with E-state index in [9.17, 15) is 14.3 Å². The minimum absolute atomic E-state index is 0.291. The van der Waals surface area contributed by atoms with Crippen LogP contribution in [0.25, 0.3) is 32.8 Å². The summed E-state index contributed by atoms with van der Waals surface area (Å²) in [5.74, 6) is -0.567. The van der Waals surface area contributed by atoms with Crippen LogP contribution in [-0.4, -0.2) is 76.8 Å². The van der Waals surface area contributed by atoms with Crippen molar-refractivity contribution in [1.82, 2.24) is 24.6 Å². The van der Waals surface area contributed by atoms with Crippen LogP contribution in [0.5, 0.6) is 5.75 Å². The lowest BCUT2D eigenvalue weighted by Crippen LogP contribution is -2.28. The maximum absolute atomic E-state index is 13.8. The summed E-state index contributed by atoms with van der Waals surface area (Å²) in [5, 5.41) is 21.8. The molecule has 0 amide bonds. The van der Waals surface area contributed by atoms with Crippen molar-refractivity contribution in [3.05, 3.63) is 82.0 Å². The first-order chi connectivity index (χ1) is 24.7. The molecule has 0 atom stereocenters. The van der Waals surface area contributed by atoms with E-state index in [0.717, 1.165) is 95.2 Å². The second-order valence-corrected chi connectivity index (χ2v) is 13.3. The Kier molecular flexibility index (Phi) is 13.5. The molecule has 6 rings (SSSR count). The first-order valence-electron chi connectivity index (χ1n) is 18.1. The molecule has 3 heterocycles. The second kappa shape index (κ2) is 18.0. The zero-order valence-electron chi connectivity index (χ0n) is 30.5. The predicted molar refractivity (Wildman–Crippen MR) is 204 cm³/mol. The van der Waals surface area contributed by atoms with E-state index in [4.69, 9.17) is 26.2 Å². The summed E-state index contributed by atoms with van der Waals surface area (Å²) in [6.45, 7) is 12.3. The summed E-state index contributed by atoms with van der Waals surface area (Å²) in [6.07, 6.45) is 3.58. The third-order valence-corrected chi connectivity index (χ3v) is 9.84. The lowest BCUT2D eigenvalue weighted by Gasteiger charge is -2.21. The van der Waals surface area contributed by atoms with Gasteiger partial charge in [-0.05, 0) is 93.0 Å². The van der Waals surface area contributed by atoms with Crippen molar-refractivity contribution >= 4 is 39.2 Å². The normalized spacial score (nSPS) is 13.5. The third kappa shape index (κ3) is 8.58. The van der Waals surface area contributed by atoms with Gasteiger partial charge in [0, 0.05) is 61.4 Å². The summed E-state index contributed by atoms with van der Waals surface area (Å²) >= 11 is 7.07. The number of carbonyl (C=O) groups is 1. The van der Waals surface area contributed by atoms with Gasteiger partial charge in [-0.15, -0.1) is 0 Å². The molecule has 274 valence electrons. The van der Waals surface area contributed by atoms with E-state index in [1.165, 1.54) is 12.1 Å². The number of aromatic nitrogens is 3. The number of nitrogens with one attached hydrogen (secondary N) is 1. The highest BCUT2D eigenvalue weighted by molar-refractivity contribution is 6.35. The highest BCUT2D eigenvalue weighted by atomic mass is 35.5. The molecule has 0 fully saturated rings. The van der Waals surface area contributed by atoms with Gasteiger partial charge in [-0.25, -0.2) is 9.18 Å². The van der Waals surface area contributed by atoms with Crippen LogP contribution in [0.4, 0.5) is 4.39 Å². The number of benzene rings is 3. The van der Waals surface area contributed by atoms with Gasteiger partial charge in [-0.3, -0.25) is 9.58 Å². The molecule has 0 aliphatic carbocycles. The van der Waals surface area contributed by atoms with Gasteiger partial charge in [0.2, 0.25) is 0 Å². The second-order valence-electron chi connectivity index (χ2n) is 12.9. The number of methoxy groups -OCH3 is 1. The molecule has 5 aromatic rings. The van der Waals surface area contributed by atoms with Crippen LogP contribution in [0, 0.1) is 5.82 Å². The third-order valence-electron chi connectivity index (χ3n) is 9.53. The number of aromatic carboxylic acids is 1. The Labute approximate surface area is 305 Å². The quantitative estimate of drug-likeness (QED) is 0.126. The SMILES string of the molecule is CCNCC.CCc1c2c(nn1C)CN(CCOC)CCCCn1c(C(=O)O)c(CCCOc3cccc4cc(F)ccc34)c3ccc(Cl)c-2c31. The number of carboxylic acids is 1. The fourth-order valence-corrected chi connectivity index (χ4v) is 7.46. The molecule has 2 N–H and O–H groups in total. The van der Waals surface area contributed by atoms with Gasteiger partial charge in [0.05, 0.1) is 29.4 Å². The number of aryl methyl sites for hydroxylation is 3. The number of ether oxygens (including phenoxy) is 2. The summed E-state index contributed by atoms with van der Waals surface area (Å²) in [6, 6.07) is 14.1. The Hall–Kier alpha value is -3.96. The highest BCUT2D eigenvalue weighted by Crippen LogP contribution is 2.43. The van der Waals surface area contributed by atoms with Crippen molar-refractivity contribution in [2.45, 2.75) is 66.0 Å². The molecule has 0 spiro atoms. The summed E-state index contributed by atoms with van der Waals surface area (Å²) in [4.78, 5) is 15.4. The van der Waals surface area contributed by atoms with Gasteiger partial charge >= 0.3 is 5.97 Å². The molecule has 1 aliphatic rings. The van der Waals surface area contributed by atoms with E-state index >= 15 is 0 Å². The van der Waals surface area contributed by atoms with Gasteiger partial charge in [-0.2, -0.15) is 5.10 Å². The van der Waals surface area contributed by atoms with Crippen LogP contribution < -0.4 is 10.1 Å². The Balaban J connectivity index is 0.000000943. The van der Waals surface area contributed by atoms with E-state index in [0.29, 0.717) is 55.6 Å². The largest absolute Gasteiger partial charge is 0.493 e. The smallest absolute Gasteiger partial charge is 0.352 e. The van der Waals surface area contributed by atoms with Crippen molar-refractivity contribution in [1.29, 1.82) is 0 Å². The fraction of sp³-hybridized carbons (Fsp3) is 0.450. The van der Waals surface area contributed by atoms with E-state index in [-0.39, 0.29) is 5.82 Å². The van der Waals surface area contributed by atoms with Gasteiger partial charge in [0.25, 0.3) is 0 Å². The number of rotatable bonds is 12. The van der Waals surface area contributed by atoms with E-state index < -0.39 is 5.97 Å². The lowest BCUT2D eigenvalue weighted by molar-refractivity contribution is 0.0683. The Morgan fingerprint density at radius 2 is 1.78 bits per heavy atom. The van der Waals surface area contributed by atoms with Crippen LogP contribution in [0.1, 0.15) is 67.5 Å². The highest BCUT2D eigenvalue weighted by Gasteiger charge is 2.29. The Morgan fingerprint density at radius 1 is 1.02 bits per heavy atom. The van der Waals surface area contributed by atoms with Gasteiger partial charge < -0.3 is 24.5 Å². The molecule has 0 saturated carbocycles. The summed E-state index contributed by atoms with van der Waals surface area (Å²) in [5.41, 5.74) is 5.77. The van der Waals surface area contributed by atoms with Crippen LogP contribution in [0.15, 0.2) is 48.5 Å². The van der Waals surface area contributed by atoms with Gasteiger partial charge in [0.1, 0.15) is 17.3 Å². The first kappa shape index (κ1) is 38.3. The van der Waals surface area contributed by atoms with E-state index in [1.807, 2.05) is 46.6 Å². The van der Waals surface area contributed by atoms with Crippen LogP contribution >= 0.6 is 11.6 Å². The zero-order valence-corrected chi connectivity index (χ0v) is 31.3. The number of hydrogen-bond donors (Lipinski definition) is 2. The van der Waals surface area contributed by atoms with Crippen molar-refractivity contribution in [3.63, 3.8) is 0 Å². The predicted octanol–water partition coefficient (Wildman–Crippen LogP) is 8.12. The van der Waals surface area contributed by atoms with Crippen molar-refractivity contribution in [2.75, 3.05) is 46.5 Å².